The molecule has 0 aromatic carbocycles. The molecule has 0 saturated heterocycles. The third kappa shape index (κ3) is 2.37. The Bertz CT molecular complexity index is 508. The molecule has 0 amide bonds. The lowest BCUT2D eigenvalue weighted by atomic mass is 10.2. The number of halogens is 2. The molecule has 0 bridgehead atoms. The number of rotatable bonds is 2. The standard InChI is InChI=1S/C11H10Cl2N2S/c1-6(2)9-5-16-11(15-9)10-8(13)3-7(12)4-14-10/h3-6H,1-2H3. The van der Waals surface area contributed by atoms with E-state index in [1.165, 1.54) is 0 Å². The SMILES string of the molecule is CC(C)c1csc(-c2ncc(Cl)cc2Cl)n1. The van der Waals surface area contributed by atoms with Crippen LogP contribution in [0.5, 0.6) is 0 Å². The van der Waals surface area contributed by atoms with Gasteiger partial charge >= 0.3 is 0 Å². The number of hydrogen-bond donors (Lipinski definition) is 0. The highest BCUT2D eigenvalue weighted by Gasteiger charge is 2.11. The Balaban J connectivity index is 2.42. The molecule has 5 heteroatoms. The summed E-state index contributed by atoms with van der Waals surface area (Å²) in [5.74, 6) is 0.413. The van der Waals surface area contributed by atoms with E-state index in [1.807, 2.05) is 5.38 Å². The summed E-state index contributed by atoms with van der Waals surface area (Å²) < 4.78 is 0. The molecule has 0 N–H and O–H groups in total. The van der Waals surface area contributed by atoms with Crippen LogP contribution in [0.25, 0.3) is 10.7 Å². The van der Waals surface area contributed by atoms with E-state index in [0.717, 1.165) is 10.7 Å². The molecule has 0 aliphatic rings. The van der Waals surface area contributed by atoms with E-state index < -0.39 is 0 Å². The number of thiazole rings is 1. The average Bonchev–Trinajstić information content (AvgIpc) is 2.66. The highest BCUT2D eigenvalue weighted by molar-refractivity contribution is 7.13. The first-order valence-electron chi connectivity index (χ1n) is 4.84. The van der Waals surface area contributed by atoms with Crippen LogP contribution in [0.1, 0.15) is 25.5 Å². The second kappa shape index (κ2) is 4.70. The molecular weight excluding hydrogens is 263 g/mol. The highest BCUT2D eigenvalue weighted by Crippen LogP contribution is 2.31. The summed E-state index contributed by atoms with van der Waals surface area (Å²) in [6.07, 6.45) is 1.58. The Morgan fingerprint density at radius 2 is 2.06 bits per heavy atom. The molecule has 2 aromatic rings. The molecule has 2 heterocycles. The normalized spacial score (nSPS) is 11.1. The summed E-state index contributed by atoms with van der Waals surface area (Å²) in [7, 11) is 0. The van der Waals surface area contributed by atoms with Crippen LogP contribution in [0.3, 0.4) is 0 Å². The summed E-state index contributed by atoms with van der Waals surface area (Å²) >= 11 is 13.4. The van der Waals surface area contributed by atoms with E-state index in [1.54, 1.807) is 23.6 Å². The Kier molecular flexibility index (Phi) is 3.47. The molecule has 0 fully saturated rings. The van der Waals surface area contributed by atoms with Gasteiger partial charge in [-0.2, -0.15) is 0 Å². The minimum atomic E-state index is 0.413. The van der Waals surface area contributed by atoms with Gasteiger partial charge in [0.25, 0.3) is 0 Å². The fourth-order valence-electron chi connectivity index (χ4n) is 1.23. The van der Waals surface area contributed by atoms with E-state index in [2.05, 4.69) is 23.8 Å². The summed E-state index contributed by atoms with van der Waals surface area (Å²) in [5.41, 5.74) is 1.76. The zero-order chi connectivity index (χ0) is 11.7. The van der Waals surface area contributed by atoms with E-state index in [9.17, 15) is 0 Å². The van der Waals surface area contributed by atoms with Crippen molar-refractivity contribution in [2.45, 2.75) is 19.8 Å². The zero-order valence-electron chi connectivity index (χ0n) is 8.87. The van der Waals surface area contributed by atoms with Crippen LogP contribution in [0.2, 0.25) is 10.0 Å². The molecule has 0 radical (unpaired) electrons. The van der Waals surface area contributed by atoms with Gasteiger partial charge in [-0.25, -0.2) is 4.98 Å². The van der Waals surface area contributed by atoms with Crippen LogP contribution in [-0.4, -0.2) is 9.97 Å². The minimum absolute atomic E-state index is 0.413. The van der Waals surface area contributed by atoms with Crippen molar-refractivity contribution in [2.24, 2.45) is 0 Å². The molecule has 0 atom stereocenters. The van der Waals surface area contributed by atoms with E-state index >= 15 is 0 Å². The molecule has 2 rings (SSSR count). The molecular formula is C11H10Cl2N2S. The van der Waals surface area contributed by atoms with Gasteiger partial charge < -0.3 is 0 Å². The maximum Gasteiger partial charge on any atom is 0.143 e. The van der Waals surface area contributed by atoms with Gasteiger partial charge in [-0.15, -0.1) is 11.3 Å². The van der Waals surface area contributed by atoms with Gasteiger partial charge in [0, 0.05) is 11.6 Å². The summed E-state index contributed by atoms with van der Waals surface area (Å²) in [5, 5.41) is 3.95. The predicted molar refractivity (Wildman–Crippen MR) is 69.5 cm³/mol. The maximum absolute atomic E-state index is 6.07. The van der Waals surface area contributed by atoms with Crippen molar-refractivity contribution in [3.8, 4) is 10.7 Å². The van der Waals surface area contributed by atoms with Gasteiger partial charge in [-0.1, -0.05) is 37.0 Å². The van der Waals surface area contributed by atoms with Crippen molar-refractivity contribution < 1.29 is 0 Å². The molecule has 2 nitrogen and oxygen atoms in total. The lowest BCUT2D eigenvalue weighted by Gasteiger charge is -2.00. The monoisotopic (exact) mass is 272 g/mol. The van der Waals surface area contributed by atoms with Crippen molar-refractivity contribution in [1.29, 1.82) is 0 Å². The summed E-state index contributed by atoms with van der Waals surface area (Å²) in [6.45, 7) is 4.21. The van der Waals surface area contributed by atoms with Crippen LogP contribution >= 0.6 is 34.5 Å². The van der Waals surface area contributed by atoms with Gasteiger partial charge in [0.15, 0.2) is 0 Å². The Labute approximate surface area is 108 Å². The van der Waals surface area contributed by atoms with Gasteiger partial charge in [0.2, 0.25) is 0 Å². The Hall–Kier alpha value is -0.640. The van der Waals surface area contributed by atoms with Crippen molar-refractivity contribution in [3.05, 3.63) is 33.4 Å². The van der Waals surface area contributed by atoms with Gasteiger partial charge in [0.05, 0.1) is 15.7 Å². The van der Waals surface area contributed by atoms with Crippen molar-refractivity contribution >= 4 is 34.5 Å². The molecule has 2 aromatic heterocycles. The van der Waals surface area contributed by atoms with Gasteiger partial charge in [-0.05, 0) is 12.0 Å². The van der Waals surface area contributed by atoms with Crippen LogP contribution < -0.4 is 0 Å². The smallest absolute Gasteiger partial charge is 0.143 e. The highest BCUT2D eigenvalue weighted by atomic mass is 35.5. The Morgan fingerprint density at radius 3 is 2.62 bits per heavy atom. The zero-order valence-corrected chi connectivity index (χ0v) is 11.2. The van der Waals surface area contributed by atoms with E-state index in [4.69, 9.17) is 23.2 Å². The molecule has 0 aliphatic carbocycles. The van der Waals surface area contributed by atoms with Crippen molar-refractivity contribution in [1.82, 2.24) is 9.97 Å². The second-order valence-electron chi connectivity index (χ2n) is 3.72. The molecule has 16 heavy (non-hydrogen) atoms. The van der Waals surface area contributed by atoms with Crippen molar-refractivity contribution in [3.63, 3.8) is 0 Å². The van der Waals surface area contributed by atoms with Crippen LogP contribution in [0.15, 0.2) is 17.6 Å². The topological polar surface area (TPSA) is 25.8 Å². The van der Waals surface area contributed by atoms with Crippen LogP contribution in [0, 0.1) is 0 Å². The second-order valence-corrected chi connectivity index (χ2v) is 5.42. The fourth-order valence-corrected chi connectivity index (χ4v) is 2.75. The molecule has 0 saturated carbocycles. The molecule has 0 aliphatic heterocycles. The number of hydrogen-bond acceptors (Lipinski definition) is 3. The molecule has 0 unspecified atom stereocenters. The first-order valence-corrected chi connectivity index (χ1v) is 6.48. The largest absolute Gasteiger partial charge is 0.251 e. The number of pyridine rings is 1. The molecule has 0 spiro atoms. The summed E-state index contributed by atoms with van der Waals surface area (Å²) in [4.78, 5) is 8.70. The maximum atomic E-state index is 6.07. The van der Waals surface area contributed by atoms with Crippen LogP contribution in [-0.2, 0) is 0 Å². The third-order valence-corrected chi connectivity index (χ3v) is 3.49. The molecule has 84 valence electrons. The summed E-state index contributed by atoms with van der Waals surface area (Å²) in [6, 6.07) is 1.68. The van der Waals surface area contributed by atoms with E-state index in [0.29, 0.717) is 21.7 Å². The van der Waals surface area contributed by atoms with Gasteiger partial charge in [0.1, 0.15) is 10.7 Å². The number of aromatic nitrogens is 2. The lowest BCUT2D eigenvalue weighted by Crippen LogP contribution is -1.88. The van der Waals surface area contributed by atoms with E-state index in [-0.39, 0.29) is 0 Å². The van der Waals surface area contributed by atoms with Gasteiger partial charge in [-0.3, -0.25) is 4.98 Å². The average molecular weight is 273 g/mol. The third-order valence-electron chi connectivity index (χ3n) is 2.12. The Morgan fingerprint density at radius 1 is 1.31 bits per heavy atom. The minimum Gasteiger partial charge on any atom is -0.251 e. The number of nitrogens with zero attached hydrogens (tertiary/aromatic N) is 2. The first-order chi connectivity index (χ1) is 7.58. The van der Waals surface area contributed by atoms with Crippen molar-refractivity contribution in [2.75, 3.05) is 0 Å². The first kappa shape index (κ1) is 11.8. The lowest BCUT2D eigenvalue weighted by molar-refractivity contribution is 0.834. The predicted octanol–water partition coefficient (Wildman–Crippen LogP) is 4.64. The quantitative estimate of drug-likeness (QED) is 0.796. The fraction of sp³-hybridized carbons (Fsp3) is 0.273. The van der Waals surface area contributed by atoms with Crippen LogP contribution in [0.4, 0.5) is 0 Å².